The molecule has 2 heterocycles. The molecule has 0 bridgehead atoms. The fourth-order valence-electron chi connectivity index (χ4n) is 4.31. The lowest BCUT2D eigenvalue weighted by Gasteiger charge is -2.41. The lowest BCUT2D eigenvalue weighted by Crippen LogP contribution is -2.53. The number of para-hydroxylation sites is 2. The average molecular weight is 381 g/mol. The molecule has 0 radical (unpaired) electrons. The van der Waals surface area contributed by atoms with Crippen LogP contribution >= 0.6 is 0 Å². The first-order valence-electron chi connectivity index (χ1n) is 9.42. The molecule has 2 aromatic carbocycles. The number of hydrogen-bond donors (Lipinski definition) is 1. The molecule has 6 nitrogen and oxygen atoms in total. The maximum absolute atomic E-state index is 13.6. The molecule has 0 aromatic heterocycles. The molecule has 1 unspecified atom stereocenters. The second kappa shape index (κ2) is 7.28. The summed E-state index contributed by atoms with van der Waals surface area (Å²) in [5, 5.41) is 9.81. The zero-order valence-corrected chi connectivity index (χ0v) is 15.8. The molecule has 2 aliphatic rings. The first kappa shape index (κ1) is 18.5. The molecule has 1 atom stereocenters. The average Bonchev–Trinajstić information content (AvgIpc) is 2.71. The highest BCUT2D eigenvalue weighted by molar-refractivity contribution is 5.90. The smallest absolute Gasteiger partial charge is 0.313 e. The first-order valence-corrected chi connectivity index (χ1v) is 9.42. The summed E-state index contributed by atoms with van der Waals surface area (Å²) in [6, 6.07) is 15.0. The van der Waals surface area contributed by atoms with E-state index < -0.39 is 17.3 Å². The predicted molar refractivity (Wildman–Crippen MR) is 103 cm³/mol. The molecule has 4 rings (SSSR count). The Bertz CT molecular complexity index is 862. The van der Waals surface area contributed by atoms with Gasteiger partial charge >= 0.3 is 5.97 Å². The number of amides is 1. The molecule has 0 spiro atoms. The summed E-state index contributed by atoms with van der Waals surface area (Å²) in [5.41, 5.74) is 0.557. The van der Waals surface area contributed by atoms with Crippen molar-refractivity contribution in [1.82, 2.24) is 4.90 Å². The second-order valence-electron chi connectivity index (χ2n) is 7.49. The molecule has 28 heavy (non-hydrogen) atoms. The standard InChI is InChI=1S/C22H23NO5/c1-27-14-22(21(25)26)11-6-12-23(13-22)20(24)19-15-7-2-4-9-17(15)28-18-10-5-3-8-16(18)19/h2-5,7-10,19H,6,11-14H2,1H3,(H,25,26). The van der Waals surface area contributed by atoms with E-state index in [1.807, 2.05) is 48.5 Å². The number of rotatable bonds is 4. The van der Waals surface area contributed by atoms with Gasteiger partial charge in [-0.15, -0.1) is 0 Å². The Balaban J connectivity index is 1.71. The molecular weight excluding hydrogens is 358 g/mol. The van der Waals surface area contributed by atoms with Crippen molar-refractivity contribution in [2.45, 2.75) is 18.8 Å². The number of carboxylic acid groups (broad SMARTS) is 1. The number of likely N-dealkylation sites (tertiary alicyclic amines) is 1. The Morgan fingerprint density at radius 1 is 1.14 bits per heavy atom. The minimum atomic E-state index is -1.06. The normalized spacial score (nSPS) is 21.4. The van der Waals surface area contributed by atoms with Gasteiger partial charge in [-0.3, -0.25) is 9.59 Å². The molecule has 0 aliphatic carbocycles. The summed E-state index contributed by atoms with van der Waals surface area (Å²) in [5.74, 6) is -0.187. The highest BCUT2D eigenvalue weighted by Crippen LogP contribution is 2.45. The minimum Gasteiger partial charge on any atom is -0.481 e. The number of nitrogens with zero attached hydrogens (tertiary/aromatic N) is 1. The van der Waals surface area contributed by atoms with Gasteiger partial charge in [0.05, 0.1) is 12.5 Å². The third-order valence-corrected chi connectivity index (χ3v) is 5.69. The molecule has 1 amide bonds. The van der Waals surface area contributed by atoms with Crippen LogP contribution in [0.15, 0.2) is 48.5 Å². The third kappa shape index (κ3) is 3.03. The number of aliphatic carboxylic acids is 1. The van der Waals surface area contributed by atoms with Gasteiger partial charge in [-0.1, -0.05) is 36.4 Å². The Morgan fingerprint density at radius 3 is 2.32 bits per heavy atom. The van der Waals surface area contributed by atoms with E-state index in [0.717, 1.165) is 11.1 Å². The summed E-state index contributed by atoms with van der Waals surface area (Å²) < 4.78 is 11.2. The Kier molecular flexibility index (Phi) is 4.81. The van der Waals surface area contributed by atoms with Crippen molar-refractivity contribution in [2.75, 3.05) is 26.8 Å². The summed E-state index contributed by atoms with van der Waals surface area (Å²) in [6.45, 7) is 0.781. The fourth-order valence-corrected chi connectivity index (χ4v) is 4.31. The summed E-state index contributed by atoms with van der Waals surface area (Å²) in [6.07, 6.45) is 1.13. The van der Waals surface area contributed by atoms with E-state index in [1.54, 1.807) is 4.90 Å². The lowest BCUT2D eigenvalue weighted by molar-refractivity contribution is -0.159. The van der Waals surface area contributed by atoms with E-state index in [1.165, 1.54) is 7.11 Å². The van der Waals surface area contributed by atoms with Gasteiger partial charge in [0.15, 0.2) is 0 Å². The van der Waals surface area contributed by atoms with Crippen molar-refractivity contribution >= 4 is 11.9 Å². The van der Waals surface area contributed by atoms with Crippen LogP contribution in [0, 0.1) is 5.41 Å². The maximum atomic E-state index is 13.6. The molecule has 2 aromatic rings. The molecule has 1 fully saturated rings. The minimum absolute atomic E-state index is 0.0903. The van der Waals surface area contributed by atoms with Crippen LogP contribution in [-0.2, 0) is 14.3 Å². The van der Waals surface area contributed by atoms with Crippen LogP contribution in [0.1, 0.15) is 29.9 Å². The maximum Gasteiger partial charge on any atom is 0.313 e. The van der Waals surface area contributed by atoms with Crippen LogP contribution in [0.4, 0.5) is 0 Å². The molecule has 1 N–H and O–H groups in total. The van der Waals surface area contributed by atoms with Crippen molar-refractivity contribution in [3.05, 3.63) is 59.7 Å². The van der Waals surface area contributed by atoms with Gasteiger partial charge in [0.2, 0.25) is 5.91 Å². The molecule has 1 saturated heterocycles. The third-order valence-electron chi connectivity index (χ3n) is 5.69. The Labute approximate surface area is 163 Å². The topological polar surface area (TPSA) is 76.1 Å². The first-order chi connectivity index (χ1) is 13.6. The van der Waals surface area contributed by atoms with Crippen molar-refractivity contribution in [2.24, 2.45) is 5.41 Å². The van der Waals surface area contributed by atoms with E-state index in [0.29, 0.717) is 30.9 Å². The van der Waals surface area contributed by atoms with Gasteiger partial charge in [0, 0.05) is 31.3 Å². The number of carbonyl (C=O) groups excluding carboxylic acids is 1. The van der Waals surface area contributed by atoms with E-state index >= 15 is 0 Å². The van der Waals surface area contributed by atoms with E-state index in [4.69, 9.17) is 9.47 Å². The number of piperidine rings is 1. The van der Waals surface area contributed by atoms with Crippen LogP contribution in [-0.4, -0.2) is 48.7 Å². The largest absolute Gasteiger partial charge is 0.481 e. The van der Waals surface area contributed by atoms with E-state index in [2.05, 4.69) is 0 Å². The van der Waals surface area contributed by atoms with Gasteiger partial charge in [-0.25, -0.2) is 0 Å². The predicted octanol–water partition coefficient (Wildman–Crippen LogP) is 3.26. The monoisotopic (exact) mass is 381 g/mol. The zero-order valence-electron chi connectivity index (χ0n) is 15.8. The van der Waals surface area contributed by atoms with Crippen molar-refractivity contribution in [3.8, 4) is 11.5 Å². The fraction of sp³-hybridized carbons (Fsp3) is 0.364. The highest BCUT2D eigenvalue weighted by atomic mass is 16.5. The van der Waals surface area contributed by atoms with Gasteiger partial charge < -0.3 is 19.5 Å². The van der Waals surface area contributed by atoms with Crippen molar-refractivity contribution < 1.29 is 24.2 Å². The SMILES string of the molecule is COCC1(C(=O)O)CCCN(C(=O)C2c3ccccc3Oc3ccccc32)C1. The Morgan fingerprint density at radius 2 is 1.75 bits per heavy atom. The molecular formula is C22H23NO5. The molecule has 6 heteroatoms. The molecule has 0 saturated carbocycles. The number of carbonyl (C=O) groups is 2. The van der Waals surface area contributed by atoms with Gasteiger partial charge in [-0.05, 0) is 25.0 Å². The van der Waals surface area contributed by atoms with Crippen LogP contribution in [0.25, 0.3) is 0 Å². The molecule has 146 valence electrons. The highest BCUT2D eigenvalue weighted by Gasteiger charge is 2.46. The summed E-state index contributed by atoms with van der Waals surface area (Å²) in [4.78, 5) is 27.3. The van der Waals surface area contributed by atoms with E-state index in [-0.39, 0.29) is 19.1 Å². The van der Waals surface area contributed by atoms with Crippen LogP contribution in [0.5, 0.6) is 11.5 Å². The van der Waals surface area contributed by atoms with Crippen molar-refractivity contribution in [3.63, 3.8) is 0 Å². The molecule has 2 aliphatic heterocycles. The quantitative estimate of drug-likeness (QED) is 0.880. The number of hydrogen-bond acceptors (Lipinski definition) is 4. The van der Waals surface area contributed by atoms with Crippen LogP contribution < -0.4 is 4.74 Å². The van der Waals surface area contributed by atoms with E-state index in [9.17, 15) is 14.7 Å². The van der Waals surface area contributed by atoms with Gasteiger partial charge in [0.1, 0.15) is 16.9 Å². The summed E-state index contributed by atoms with van der Waals surface area (Å²) in [7, 11) is 1.50. The number of carboxylic acids is 1. The van der Waals surface area contributed by atoms with Crippen LogP contribution in [0.2, 0.25) is 0 Å². The number of methoxy groups -OCH3 is 1. The second-order valence-corrected chi connectivity index (χ2v) is 7.49. The number of benzene rings is 2. The zero-order chi connectivity index (χ0) is 19.7. The van der Waals surface area contributed by atoms with Gasteiger partial charge in [0.25, 0.3) is 0 Å². The Hall–Kier alpha value is -2.86. The van der Waals surface area contributed by atoms with Crippen LogP contribution in [0.3, 0.4) is 0 Å². The van der Waals surface area contributed by atoms with Gasteiger partial charge in [-0.2, -0.15) is 0 Å². The number of fused-ring (bicyclic) bond motifs is 2. The summed E-state index contributed by atoms with van der Waals surface area (Å²) >= 11 is 0. The lowest BCUT2D eigenvalue weighted by atomic mass is 9.79. The number of ether oxygens (including phenoxy) is 2. The van der Waals surface area contributed by atoms with Crippen molar-refractivity contribution in [1.29, 1.82) is 0 Å².